The third kappa shape index (κ3) is 5.93. The SMILES string of the molecule is C.C.CC(C)[C@@H]1CCNC1=O.CC(C)[C@H]1CCNC1=O. The predicted octanol–water partition coefficient (Wildman–Crippen LogP) is 2.83. The molecule has 120 valence electrons. The average Bonchev–Trinajstić information content (AvgIpc) is 2.87. The lowest BCUT2D eigenvalue weighted by atomic mass is 9.95. The zero-order chi connectivity index (χ0) is 13.7. The van der Waals surface area contributed by atoms with Gasteiger partial charge < -0.3 is 10.6 Å². The summed E-state index contributed by atoms with van der Waals surface area (Å²) in [5.74, 6) is 2.06. The van der Waals surface area contributed by atoms with Crippen LogP contribution in [0.3, 0.4) is 0 Å². The molecule has 0 radical (unpaired) electrons. The van der Waals surface area contributed by atoms with Gasteiger partial charge in [-0.05, 0) is 24.7 Å². The summed E-state index contributed by atoms with van der Waals surface area (Å²) in [4.78, 5) is 21.8. The second kappa shape index (κ2) is 9.78. The molecule has 2 aliphatic rings. The van der Waals surface area contributed by atoms with Crippen LogP contribution in [0.5, 0.6) is 0 Å². The van der Waals surface area contributed by atoms with Gasteiger partial charge in [0.05, 0.1) is 0 Å². The van der Waals surface area contributed by atoms with Gasteiger partial charge in [0.2, 0.25) is 11.8 Å². The fraction of sp³-hybridized carbons (Fsp3) is 0.875. The number of nitrogens with one attached hydrogen (secondary N) is 2. The van der Waals surface area contributed by atoms with Crippen LogP contribution in [0.4, 0.5) is 0 Å². The standard InChI is InChI=1S/2C7H13NO.2CH4/c2*1-5(2)6-3-4-8-7(6)9;;/h2*5-6H,3-4H2,1-2H3,(H,8,9);2*1H4/t2*6-;;/m10../s1. The van der Waals surface area contributed by atoms with E-state index in [9.17, 15) is 9.59 Å². The Hall–Kier alpha value is -1.06. The van der Waals surface area contributed by atoms with Crippen LogP contribution in [0, 0.1) is 23.7 Å². The quantitative estimate of drug-likeness (QED) is 0.820. The lowest BCUT2D eigenvalue weighted by Gasteiger charge is -2.08. The molecule has 2 heterocycles. The Bertz CT molecular complexity index is 271. The molecule has 0 aromatic rings. The number of hydrogen-bond acceptors (Lipinski definition) is 2. The highest BCUT2D eigenvalue weighted by molar-refractivity contribution is 5.81. The van der Waals surface area contributed by atoms with Crippen molar-refractivity contribution < 1.29 is 9.59 Å². The van der Waals surface area contributed by atoms with E-state index in [1.54, 1.807) is 0 Å². The molecule has 4 heteroatoms. The topological polar surface area (TPSA) is 58.2 Å². The Morgan fingerprint density at radius 3 is 1.20 bits per heavy atom. The molecular weight excluding hydrogens is 252 g/mol. The van der Waals surface area contributed by atoms with Crippen LogP contribution in [0.1, 0.15) is 55.4 Å². The van der Waals surface area contributed by atoms with Crippen LogP contribution in [0.2, 0.25) is 0 Å². The molecule has 0 aromatic heterocycles. The summed E-state index contributed by atoms with van der Waals surface area (Å²) in [5.41, 5.74) is 0. The fourth-order valence-electron chi connectivity index (χ4n) is 2.50. The van der Waals surface area contributed by atoms with E-state index in [0.29, 0.717) is 11.8 Å². The van der Waals surface area contributed by atoms with Crippen LogP contribution in [0.15, 0.2) is 0 Å². The molecule has 0 saturated carbocycles. The van der Waals surface area contributed by atoms with Crippen molar-refractivity contribution in [3.63, 3.8) is 0 Å². The maximum atomic E-state index is 10.9. The lowest BCUT2D eigenvalue weighted by Crippen LogP contribution is -2.22. The van der Waals surface area contributed by atoms with Crippen molar-refractivity contribution in [1.29, 1.82) is 0 Å². The van der Waals surface area contributed by atoms with E-state index in [0.717, 1.165) is 25.9 Å². The van der Waals surface area contributed by atoms with Crippen molar-refractivity contribution in [3.8, 4) is 0 Å². The molecule has 2 saturated heterocycles. The van der Waals surface area contributed by atoms with Gasteiger partial charge in [-0.25, -0.2) is 0 Å². The fourth-order valence-corrected chi connectivity index (χ4v) is 2.50. The molecule has 0 spiro atoms. The van der Waals surface area contributed by atoms with E-state index >= 15 is 0 Å². The van der Waals surface area contributed by atoms with Gasteiger partial charge in [-0.15, -0.1) is 0 Å². The van der Waals surface area contributed by atoms with Crippen LogP contribution < -0.4 is 10.6 Å². The predicted molar refractivity (Wildman–Crippen MR) is 85.4 cm³/mol. The molecule has 4 nitrogen and oxygen atoms in total. The van der Waals surface area contributed by atoms with Crippen LogP contribution in [-0.4, -0.2) is 24.9 Å². The summed E-state index contributed by atoms with van der Waals surface area (Å²) in [6.45, 7) is 10.1. The highest BCUT2D eigenvalue weighted by Crippen LogP contribution is 2.19. The van der Waals surface area contributed by atoms with E-state index in [4.69, 9.17) is 0 Å². The Morgan fingerprint density at radius 1 is 0.800 bits per heavy atom. The molecule has 2 atom stereocenters. The molecule has 0 unspecified atom stereocenters. The average molecular weight is 286 g/mol. The molecule has 2 rings (SSSR count). The monoisotopic (exact) mass is 286 g/mol. The third-order valence-electron chi connectivity index (χ3n) is 3.79. The Labute approximate surface area is 125 Å². The second-order valence-electron chi connectivity index (χ2n) is 5.86. The maximum absolute atomic E-state index is 10.9. The summed E-state index contributed by atoms with van der Waals surface area (Å²) in [6.07, 6.45) is 2.05. The van der Waals surface area contributed by atoms with E-state index in [-0.39, 0.29) is 38.5 Å². The van der Waals surface area contributed by atoms with Crippen molar-refractivity contribution in [2.45, 2.75) is 55.4 Å². The second-order valence-corrected chi connectivity index (χ2v) is 5.86. The highest BCUT2D eigenvalue weighted by atomic mass is 16.2. The van der Waals surface area contributed by atoms with Gasteiger partial charge in [0, 0.05) is 24.9 Å². The van der Waals surface area contributed by atoms with Gasteiger partial charge in [0.1, 0.15) is 0 Å². The first kappa shape index (κ1) is 21.2. The Morgan fingerprint density at radius 2 is 1.10 bits per heavy atom. The summed E-state index contributed by atoms with van der Waals surface area (Å²) < 4.78 is 0. The normalized spacial score (nSPS) is 24.3. The van der Waals surface area contributed by atoms with Gasteiger partial charge >= 0.3 is 0 Å². The lowest BCUT2D eigenvalue weighted by molar-refractivity contribution is -0.124. The van der Waals surface area contributed by atoms with Crippen molar-refractivity contribution in [1.82, 2.24) is 10.6 Å². The van der Waals surface area contributed by atoms with Gasteiger partial charge in [-0.3, -0.25) is 9.59 Å². The van der Waals surface area contributed by atoms with Crippen LogP contribution >= 0.6 is 0 Å². The van der Waals surface area contributed by atoms with Crippen LogP contribution in [0.25, 0.3) is 0 Å². The first-order valence-corrected chi connectivity index (χ1v) is 6.99. The summed E-state index contributed by atoms with van der Waals surface area (Å²) in [5, 5.41) is 5.62. The number of carbonyl (C=O) groups is 2. The molecule has 0 aromatic carbocycles. The molecule has 20 heavy (non-hydrogen) atoms. The molecule has 2 N–H and O–H groups in total. The first-order chi connectivity index (χ1) is 8.43. The smallest absolute Gasteiger partial charge is 0.223 e. The third-order valence-corrected chi connectivity index (χ3v) is 3.79. The van der Waals surface area contributed by atoms with E-state index < -0.39 is 0 Å². The van der Waals surface area contributed by atoms with Crippen LogP contribution in [-0.2, 0) is 9.59 Å². The van der Waals surface area contributed by atoms with Gasteiger partial charge in [-0.2, -0.15) is 0 Å². The van der Waals surface area contributed by atoms with Gasteiger partial charge in [-0.1, -0.05) is 42.5 Å². The number of hydrogen-bond donors (Lipinski definition) is 2. The first-order valence-electron chi connectivity index (χ1n) is 6.99. The zero-order valence-electron chi connectivity index (χ0n) is 12.0. The minimum Gasteiger partial charge on any atom is -0.356 e. The molecule has 0 aliphatic carbocycles. The summed E-state index contributed by atoms with van der Waals surface area (Å²) in [7, 11) is 0. The van der Waals surface area contributed by atoms with E-state index in [1.807, 2.05) is 0 Å². The van der Waals surface area contributed by atoms with E-state index in [2.05, 4.69) is 38.3 Å². The van der Waals surface area contributed by atoms with Crippen molar-refractivity contribution in [3.05, 3.63) is 0 Å². The molecule has 2 amide bonds. The number of rotatable bonds is 2. The maximum Gasteiger partial charge on any atom is 0.223 e. The molecule has 0 bridgehead atoms. The molecule has 2 aliphatic heterocycles. The highest BCUT2D eigenvalue weighted by Gasteiger charge is 2.26. The Balaban J connectivity index is 0. The van der Waals surface area contributed by atoms with Crippen molar-refractivity contribution >= 4 is 11.8 Å². The minimum atomic E-state index is 0. The minimum absolute atomic E-state index is 0. The van der Waals surface area contributed by atoms with Crippen molar-refractivity contribution in [2.24, 2.45) is 23.7 Å². The van der Waals surface area contributed by atoms with Crippen molar-refractivity contribution in [2.75, 3.05) is 13.1 Å². The van der Waals surface area contributed by atoms with E-state index in [1.165, 1.54) is 0 Å². The summed E-state index contributed by atoms with van der Waals surface area (Å²) in [6, 6.07) is 0. The van der Waals surface area contributed by atoms with Gasteiger partial charge in [0.25, 0.3) is 0 Å². The largest absolute Gasteiger partial charge is 0.356 e. The Kier molecular flexibility index (Phi) is 10.4. The molecule has 2 fully saturated rings. The summed E-state index contributed by atoms with van der Waals surface area (Å²) >= 11 is 0. The molecular formula is C16H34N2O2. The van der Waals surface area contributed by atoms with Gasteiger partial charge in [0.15, 0.2) is 0 Å². The zero-order valence-corrected chi connectivity index (χ0v) is 12.0. The number of carbonyl (C=O) groups excluding carboxylic acids is 2. The number of amides is 2.